The SMILES string of the molecule is C=C[C@@H]1C[C@]1(N)P(=O)(O)Cc1ncccc1O. The van der Waals surface area contributed by atoms with Crippen LogP contribution in [-0.4, -0.2) is 20.3 Å². The molecular weight excluding hydrogens is 239 g/mol. The molecule has 3 atom stereocenters. The van der Waals surface area contributed by atoms with Gasteiger partial charge in [-0.2, -0.15) is 0 Å². The van der Waals surface area contributed by atoms with E-state index in [0.717, 1.165) is 0 Å². The number of aromatic hydroxyl groups is 1. The van der Waals surface area contributed by atoms with E-state index in [2.05, 4.69) is 11.6 Å². The van der Waals surface area contributed by atoms with Gasteiger partial charge in [0, 0.05) is 12.1 Å². The Balaban J connectivity index is 2.22. The number of nitrogens with zero attached hydrogens (tertiary/aromatic N) is 1. The van der Waals surface area contributed by atoms with Crippen LogP contribution < -0.4 is 5.73 Å². The van der Waals surface area contributed by atoms with Gasteiger partial charge in [0.2, 0.25) is 7.37 Å². The normalized spacial score (nSPS) is 30.6. The minimum atomic E-state index is -3.60. The summed E-state index contributed by atoms with van der Waals surface area (Å²) in [4.78, 5) is 13.9. The van der Waals surface area contributed by atoms with Gasteiger partial charge in [0.05, 0.1) is 11.9 Å². The monoisotopic (exact) mass is 254 g/mol. The lowest BCUT2D eigenvalue weighted by atomic mass is 10.3. The Kier molecular flexibility index (Phi) is 2.86. The van der Waals surface area contributed by atoms with E-state index < -0.39 is 12.6 Å². The maximum absolute atomic E-state index is 12.2. The van der Waals surface area contributed by atoms with Crippen LogP contribution in [0.15, 0.2) is 31.0 Å². The highest BCUT2D eigenvalue weighted by Crippen LogP contribution is 2.69. The van der Waals surface area contributed by atoms with Crippen molar-refractivity contribution in [2.45, 2.75) is 17.9 Å². The molecule has 0 saturated heterocycles. The highest BCUT2D eigenvalue weighted by atomic mass is 31.2. The first-order chi connectivity index (χ1) is 7.90. The van der Waals surface area contributed by atoms with E-state index in [1.54, 1.807) is 12.1 Å². The van der Waals surface area contributed by atoms with Crippen LogP contribution in [0.1, 0.15) is 12.1 Å². The van der Waals surface area contributed by atoms with Crippen LogP contribution in [0, 0.1) is 5.92 Å². The first-order valence-corrected chi connectivity index (χ1v) is 7.11. The molecule has 1 saturated carbocycles. The summed E-state index contributed by atoms with van der Waals surface area (Å²) in [6, 6.07) is 2.99. The van der Waals surface area contributed by atoms with Crippen LogP contribution in [0.3, 0.4) is 0 Å². The zero-order valence-corrected chi connectivity index (χ0v) is 10.2. The minimum Gasteiger partial charge on any atom is -0.506 e. The van der Waals surface area contributed by atoms with E-state index in [0.29, 0.717) is 6.42 Å². The first-order valence-electron chi connectivity index (χ1n) is 5.27. The predicted octanol–water partition coefficient (Wildman–Crippen LogP) is 1.42. The van der Waals surface area contributed by atoms with Crippen molar-refractivity contribution in [1.29, 1.82) is 0 Å². The molecule has 92 valence electrons. The third kappa shape index (κ3) is 2.02. The molecule has 2 rings (SSSR count). The molecular formula is C11H15N2O3P. The van der Waals surface area contributed by atoms with E-state index in [-0.39, 0.29) is 23.5 Å². The van der Waals surface area contributed by atoms with Gasteiger partial charge in [0.1, 0.15) is 11.0 Å². The van der Waals surface area contributed by atoms with Crippen LogP contribution in [-0.2, 0) is 10.7 Å². The van der Waals surface area contributed by atoms with Gasteiger partial charge in [-0.1, -0.05) is 6.08 Å². The van der Waals surface area contributed by atoms with Gasteiger partial charge >= 0.3 is 0 Å². The van der Waals surface area contributed by atoms with Crippen LogP contribution in [0.5, 0.6) is 5.75 Å². The lowest BCUT2D eigenvalue weighted by Crippen LogP contribution is -2.25. The van der Waals surface area contributed by atoms with Crippen LogP contribution in [0.2, 0.25) is 0 Å². The largest absolute Gasteiger partial charge is 0.506 e. The molecule has 1 unspecified atom stereocenters. The zero-order chi connectivity index (χ0) is 12.7. The molecule has 0 aromatic carbocycles. The Morgan fingerprint density at radius 3 is 3.00 bits per heavy atom. The standard InChI is InChI=1S/C11H15N2O3P/c1-2-8-6-11(8,12)17(15,16)7-9-10(14)4-3-5-13-9/h2-5,8,14H,1,6-7,12H2,(H,15,16)/t8-,11+/m1/s1. The fourth-order valence-corrected chi connectivity index (χ4v) is 3.93. The highest BCUT2D eigenvalue weighted by Gasteiger charge is 2.61. The second-order valence-electron chi connectivity index (χ2n) is 4.37. The van der Waals surface area contributed by atoms with Crippen LogP contribution in [0.4, 0.5) is 0 Å². The molecule has 1 heterocycles. The summed E-state index contributed by atoms with van der Waals surface area (Å²) in [5.41, 5.74) is 6.09. The topological polar surface area (TPSA) is 96.4 Å². The Morgan fingerprint density at radius 1 is 1.76 bits per heavy atom. The number of pyridine rings is 1. The van der Waals surface area contributed by atoms with E-state index in [4.69, 9.17) is 5.73 Å². The molecule has 0 radical (unpaired) electrons. The molecule has 17 heavy (non-hydrogen) atoms. The highest BCUT2D eigenvalue weighted by molar-refractivity contribution is 7.59. The lowest BCUT2D eigenvalue weighted by molar-refractivity contribution is 0.445. The van der Waals surface area contributed by atoms with Crippen molar-refractivity contribution < 1.29 is 14.6 Å². The lowest BCUT2D eigenvalue weighted by Gasteiger charge is -2.19. The van der Waals surface area contributed by atoms with Gasteiger partial charge in [0.25, 0.3) is 0 Å². The van der Waals surface area contributed by atoms with E-state index in [1.165, 1.54) is 12.3 Å². The third-order valence-electron chi connectivity index (χ3n) is 3.19. The van der Waals surface area contributed by atoms with Crippen LogP contribution >= 0.6 is 7.37 Å². The summed E-state index contributed by atoms with van der Waals surface area (Å²) >= 11 is 0. The molecule has 6 heteroatoms. The summed E-state index contributed by atoms with van der Waals surface area (Å²) in [5.74, 6) is -0.217. The number of hydrogen-bond acceptors (Lipinski definition) is 4. The Bertz CT molecular complexity index is 505. The third-order valence-corrected chi connectivity index (χ3v) is 5.74. The van der Waals surface area contributed by atoms with Gasteiger partial charge in [-0.25, -0.2) is 0 Å². The molecule has 1 aromatic rings. The van der Waals surface area contributed by atoms with Crippen molar-refractivity contribution in [3.63, 3.8) is 0 Å². The number of hydrogen-bond donors (Lipinski definition) is 3. The molecule has 0 aliphatic heterocycles. The van der Waals surface area contributed by atoms with Gasteiger partial charge in [-0.05, 0) is 18.6 Å². The fraction of sp³-hybridized carbons (Fsp3) is 0.364. The summed E-state index contributed by atoms with van der Waals surface area (Å²) in [5, 5.41) is 8.43. The first kappa shape index (κ1) is 12.3. The summed E-state index contributed by atoms with van der Waals surface area (Å²) in [6.45, 7) is 3.58. The number of nitrogens with two attached hydrogens (primary N) is 1. The van der Waals surface area contributed by atoms with E-state index in [9.17, 15) is 14.6 Å². The quantitative estimate of drug-likeness (QED) is 0.557. The van der Waals surface area contributed by atoms with Crippen molar-refractivity contribution in [1.82, 2.24) is 4.98 Å². The number of aromatic nitrogens is 1. The average Bonchev–Trinajstić information content (AvgIpc) is 2.95. The second-order valence-corrected chi connectivity index (χ2v) is 6.92. The molecule has 0 spiro atoms. The maximum atomic E-state index is 12.2. The van der Waals surface area contributed by atoms with Crippen molar-refractivity contribution in [2.75, 3.05) is 0 Å². The molecule has 1 aliphatic rings. The molecule has 1 aliphatic carbocycles. The van der Waals surface area contributed by atoms with Crippen molar-refractivity contribution in [2.24, 2.45) is 11.7 Å². The second kappa shape index (κ2) is 3.95. The molecule has 4 N–H and O–H groups in total. The van der Waals surface area contributed by atoms with E-state index in [1.807, 2.05) is 0 Å². The molecule has 1 fully saturated rings. The molecule has 5 nitrogen and oxygen atoms in total. The van der Waals surface area contributed by atoms with E-state index >= 15 is 0 Å². The predicted molar refractivity (Wildman–Crippen MR) is 64.7 cm³/mol. The van der Waals surface area contributed by atoms with Gasteiger partial charge in [0.15, 0.2) is 0 Å². The Hall–Kier alpha value is -1.16. The summed E-state index contributed by atoms with van der Waals surface area (Å²) < 4.78 is 12.2. The molecule has 0 bridgehead atoms. The van der Waals surface area contributed by atoms with Gasteiger partial charge in [-0.15, -0.1) is 6.58 Å². The Labute approximate surface area is 99.4 Å². The average molecular weight is 254 g/mol. The minimum absolute atomic E-state index is 0.0822. The molecule has 0 amide bonds. The van der Waals surface area contributed by atoms with Crippen molar-refractivity contribution in [3.8, 4) is 5.75 Å². The van der Waals surface area contributed by atoms with Crippen molar-refractivity contribution >= 4 is 7.37 Å². The summed E-state index contributed by atoms with van der Waals surface area (Å²) in [6.07, 6.45) is 3.32. The number of rotatable bonds is 4. The van der Waals surface area contributed by atoms with Crippen LogP contribution in [0.25, 0.3) is 0 Å². The van der Waals surface area contributed by atoms with Gasteiger partial charge < -0.3 is 15.7 Å². The zero-order valence-electron chi connectivity index (χ0n) is 9.28. The smallest absolute Gasteiger partial charge is 0.226 e. The maximum Gasteiger partial charge on any atom is 0.226 e. The fourth-order valence-electron chi connectivity index (χ4n) is 1.88. The summed E-state index contributed by atoms with van der Waals surface area (Å²) in [7, 11) is -3.60. The Morgan fingerprint density at radius 2 is 2.47 bits per heavy atom. The van der Waals surface area contributed by atoms with Gasteiger partial charge in [-0.3, -0.25) is 9.55 Å². The molecule has 1 aromatic heterocycles. The van der Waals surface area contributed by atoms with Crippen molar-refractivity contribution in [3.05, 3.63) is 36.7 Å².